The molecule has 0 aromatic rings. The number of carbonyl (C=O) groups is 1. The van der Waals surface area contributed by atoms with Crippen molar-refractivity contribution < 1.29 is 23.1 Å². The fourth-order valence-corrected chi connectivity index (χ4v) is 2.62. The average Bonchev–Trinajstić information content (AvgIpc) is 2.26. The minimum absolute atomic E-state index is 0.173. The van der Waals surface area contributed by atoms with Crippen LogP contribution in [-0.4, -0.2) is 32.0 Å². The van der Waals surface area contributed by atoms with Crippen molar-refractivity contribution in [1.29, 1.82) is 0 Å². The van der Waals surface area contributed by atoms with E-state index in [1.165, 1.54) is 0 Å². The SMILES string of the molecule is CCOC(=O)CC=CCP(=O)(OCC)OCC. The molecule has 0 amide bonds. The van der Waals surface area contributed by atoms with Crippen LogP contribution in [0.2, 0.25) is 0 Å². The Balaban J connectivity index is 4.08. The van der Waals surface area contributed by atoms with Crippen LogP contribution in [0.3, 0.4) is 0 Å². The molecule has 0 unspecified atom stereocenters. The summed E-state index contributed by atoms with van der Waals surface area (Å²) in [5.74, 6) is -0.300. The summed E-state index contributed by atoms with van der Waals surface area (Å²) >= 11 is 0. The number of hydrogen-bond acceptors (Lipinski definition) is 5. The Bertz CT molecular complexity index is 278. The Morgan fingerprint density at radius 2 is 1.65 bits per heavy atom. The molecular formula is C11H21O5P. The van der Waals surface area contributed by atoms with Crippen LogP contribution in [0.15, 0.2) is 12.2 Å². The fraction of sp³-hybridized carbons (Fsp3) is 0.727. The summed E-state index contributed by atoms with van der Waals surface area (Å²) in [5, 5.41) is 0. The summed E-state index contributed by atoms with van der Waals surface area (Å²) in [7, 11) is -3.03. The molecule has 0 spiro atoms. The second-order valence-corrected chi connectivity index (χ2v) is 5.21. The molecule has 0 aliphatic heterocycles. The number of hydrogen-bond donors (Lipinski definition) is 0. The first-order valence-electron chi connectivity index (χ1n) is 5.76. The predicted octanol–water partition coefficient (Wildman–Crippen LogP) is 2.76. The third kappa shape index (κ3) is 8.13. The van der Waals surface area contributed by atoms with Gasteiger partial charge in [-0.2, -0.15) is 0 Å². The third-order valence-electron chi connectivity index (χ3n) is 1.74. The standard InChI is InChI=1S/C11H21O5P/c1-4-14-11(12)9-7-8-10-17(13,15-5-2)16-6-3/h7-8H,4-6,9-10H2,1-3H3. The lowest BCUT2D eigenvalue weighted by atomic mass is 10.4. The van der Waals surface area contributed by atoms with Crippen LogP contribution in [0.25, 0.3) is 0 Å². The monoisotopic (exact) mass is 264 g/mol. The van der Waals surface area contributed by atoms with Crippen molar-refractivity contribution >= 4 is 13.6 Å². The van der Waals surface area contributed by atoms with Gasteiger partial charge >= 0.3 is 13.6 Å². The molecule has 0 aliphatic carbocycles. The highest BCUT2D eigenvalue weighted by Crippen LogP contribution is 2.47. The predicted molar refractivity (Wildman–Crippen MR) is 66.1 cm³/mol. The van der Waals surface area contributed by atoms with E-state index in [4.69, 9.17) is 13.8 Å². The van der Waals surface area contributed by atoms with E-state index in [0.29, 0.717) is 19.8 Å². The maximum absolute atomic E-state index is 12.0. The number of carbonyl (C=O) groups excluding carboxylic acids is 1. The zero-order valence-corrected chi connectivity index (χ0v) is 11.6. The van der Waals surface area contributed by atoms with E-state index in [-0.39, 0.29) is 18.6 Å². The Hall–Kier alpha value is -0.640. The van der Waals surface area contributed by atoms with Gasteiger partial charge in [0, 0.05) is 0 Å². The number of ether oxygens (including phenoxy) is 1. The molecular weight excluding hydrogens is 243 g/mol. The molecule has 0 aliphatic rings. The van der Waals surface area contributed by atoms with E-state index in [0.717, 1.165) is 0 Å². The highest BCUT2D eigenvalue weighted by atomic mass is 31.2. The van der Waals surface area contributed by atoms with Gasteiger partial charge in [0.2, 0.25) is 0 Å². The van der Waals surface area contributed by atoms with E-state index < -0.39 is 7.60 Å². The van der Waals surface area contributed by atoms with Crippen LogP contribution in [0, 0.1) is 0 Å². The van der Waals surface area contributed by atoms with Gasteiger partial charge in [-0.3, -0.25) is 9.36 Å². The number of allylic oxidation sites excluding steroid dienone is 1. The molecule has 0 saturated carbocycles. The highest BCUT2D eigenvalue weighted by molar-refractivity contribution is 7.54. The first-order chi connectivity index (χ1) is 8.08. The van der Waals surface area contributed by atoms with Gasteiger partial charge in [-0.25, -0.2) is 0 Å². The van der Waals surface area contributed by atoms with Crippen molar-refractivity contribution in [2.75, 3.05) is 26.0 Å². The third-order valence-corrected chi connectivity index (χ3v) is 3.70. The van der Waals surface area contributed by atoms with E-state index in [1.807, 2.05) is 0 Å². The summed E-state index contributed by atoms with van der Waals surface area (Å²) in [4.78, 5) is 11.0. The lowest BCUT2D eigenvalue weighted by Gasteiger charge is -2.14. The average molecular weight is 264 g/mol. The van der Waals surface area contributed by atoms with Crippen molar-refractivity contribution in [2.24, 2.45) is 0 Å². The molecule has 0 radical (unpaired) electrons. The van der Waals surface area contributed by atoms with Gasteiger partial charge in [-0.15, -0.1) is 0 Å². The maximum atomic E-state index is 12.0. The lowest BCUT2D eigenvalue weighted by Crippen LogP contribution is -2.02. The van der Waals surface area contributed by atoms with Gasteiger partial charge < -0.3 is 13.8 Å². The Labute approximate surface area is 103 Å². The van der Waals surface area contributed by atoms with Gasteiger partial charge in [0.05, 0.1) is 32.4 Å². The van der Waals surface area contributed by atoms with Crippen LogP contribution >= 0.6 is 7.60 Å². The molecule has 6 heteroatoms. The summed E-state index contributed by atoms with van der Waals surface area (Å²) < 4.78 is 26.9. The molecule has 100 valence electrons. The van der Waals surface area contributed by atoms with Gasteiger partial charge in [-0.1, -0.05) is 12.2 Å². The number of rotatable bonds is 9. The molecule has 17 heavy (non-hydrogen) atoms. The van der Waals surface area contributed by atoms with Gasteiger partial charge in [0.25, 0.3) is 0 Å². The molecule has 0 fully saturated rings. The van der Waals surface area contributed by atoms with E-state index in [2.05, 4.69) is 0 Å². The zero-order valence-electron chi connectivity index (χ0n) is 10.7. The van der Waals surface area contributed by atoms with Crippen LogP contribution in [0.5, 0.6) is 0 Å². The topological polar surface area (TPSA) is 61.8 Å². The minimum atomic E-state index is -3.03. The summed E-state index contributed by atoms with van der Waals surface area (Å²) in [6.07, 6.45) is 3.59. The van der Waals surface area contributed by atoms with Gasteiger partial charge in [0.1, 0.15) is 0 Å². The normalized spacial score (nSPS) is 11.9. The van der Waals surface area contributed by atoms with Crippen molar-refractivity contribution in [1.82, 2.24) is 0 Å². The highest BCUT2D eigenvalue weighted by Gasteiger charge is 2.20. The first kappa shape index (κ1) is 16.4. The van der Waals surface area contributed by atoms with Crippen molar-refractivity contribution in [3.63, 3.8) is 0 Å². The van der Waals surface area contributed by atoms with Gasteiger partial charge in [0.15, 0.2) is 0 Å². The largest absolute Gasteiger partial charge is 0.466 e. The first-order valence-corrected chi connectivity index (χ1v) is 7.49. The van der Waals surface area contributed by atoms with Crippen LogP contribution < -0.4 is 0 Å². The van der Waals surface area contributed by atoms with E-state index >= 15 is 0 Å². The molecule has 0 heterocycles. The summed E-state index contributed by atoms with van der Waals surface area (Å²) in [5.41, 5.74) is 0. The molecule has 5 nitrogen and oxygen atoms in total. The second kappa shape index (κ2) is 9.40. The smallest absolute Gasteiger partial charge is 0.334 e. The second-order valence-electron chi connectivity index (χ2n) is 3.11. The van der Waals surface area contributed by atoms with Crippen LogP contribution in [0.1, 0.15) is 27.2 Å². The molecule has 0 aromatic heterocycles. The van der Waals surface area contributed by atoms with Crippen LogP contribution in [0.4, 0.5) is 0 Å². The van der Waals surface area contributed by atoms with Crippen molar-refractivity contribution in [3.8, 4) is 0 Å². The molecule has 0 rings (SSSR count). The summed E-state index contributed by atoms with van der Waals surface area (Å²) in [6, 6.07) is 0. The fourth-order valence-electron chi connectivity index (χ4n) is 1.14. The minimum Gasteiger partial charge on any atom is -0.466 e. The van der Waals surface area contributed by atoms with Gasteiger partial charge in [-0.05, 0) is 20.8 Å². The maximum Gasteiger partial charge on any atom is 0.334 e. The van der Waals surface area contributed by atoms with Crippen LogP contribution in [-0.2, 0) is 23.1 Å². The number of esters is 1. The quantitative estimate of drug-likeness (QED) is 0.364. The van der Waals surface area contributed by atoms with E-state index in [9.17, 15) is 9.36 Å². The molecule has 0 N–H and O–H groups in total. The zero-order chi connectivity index (χ0) is 13.1. The van der Waals surface area contributed by atoms with Crippen molar-refractivity contribution in [2.45, 2.75) is 27.2 Å². The molecule has 0 aromatic carbocycles. The lowest BCUT2D eigenvalue weighted by molar-refractivity contribution is -0.142. The van der Waals surface area contributed by atoms with E-state index in [1.54, 1.807) is 32.9 Å². The van der Waals surface area contributed by atoms with Crippen molar-refractivity contribution in [3.05, 3.63) is 12.2 Å². The Morgan fingerprint density at radius 3 is 2.12 bits per heavy atom. The Kier molecular flexibility index (Phi) is 9.04. The molecule has 0 bridgehead atoms. The molecule has 0 saturated heterocycles. The summed E-state index contributed by atoms with van der Waals surface area (Å²) in [6.45, 7) is 6.30. The molecule has 0 atom stereocenters. The Morgan fingerprint density at radius 1 is 1.06 bits per heavy atom.